The molecule has 0 aromatic heterocycles. The van der Waals surface area contributed by atoms with Gasteiger partial charge in [-0.1, -0.05) is 29.8 Å². The molecule has 1 aromatic rings. The Labute approximate surface area is 152 Å². The van der Waals surface area contributed by atoms with Gasteiger partial charge < -0.3 is 9.53 Å². The summed E-state index contributed by atoms with van der Waals surface area (Å²) in [5.74, 6) is -0.556. The molecule has 3 aliphatic heterocycles. The Kier molecular flexibility index (Phi) is 3.15. The second kappa shape index (κ2) is 5.13. The molecule has 3 bridgehead atoms. The third kappa shape index (κ3) is 1.51. The van der Waals surface area contributed by atoms with Crippen LogP contribution in [0.5, 0.6) is 0 Å². The number of fused-ring (bicyclic) bond motifs is 2. The van der Waals surface area contributed by atoms with Gasteiger partial charge in [0.15, 0.2) is 0 Å². The number of hydrogen-bond acceptors (Lipinski definition) is 5. The average Bonchev–Trinajstić information content (AvgIpc) is 3.04. The van der Waals surface area contributed by atoms with Crippen LogP contribution < -0.4 is 0 Å². The summed E-state index contributed by atoms with van der Waals surface area (Å²) >= 11 is 0. The molecule has 4 atom stereocenters. The lowest BCUT2D eigenvalue weighted by molar-refractivity contribution is -0.166. The molecular formula is C21H22N2O3. The molecule has 1 aromatic carbocycles. The highest BCUT2D eigenvalue weighted by atomic mass is 16.5. The molecule has 0 N–H and O–H groups in total. The van der Waals surface area contributed by atoms with E-state index in [1.54, 1.807) is 0 Å². The van der Waals surface area contributed by atoms with E-state index in [2.05, 4.69) is 11.0 Å². The molecule has 134 valence electrons. The van der Waals surface area contributed by atoms with Crippen molar-refractivity contribution in [1.29, 1.82) is 0 Å². The lowest BCUT2D eigenvalue weighted by atomic mass is 9.43. The van der Waals surface area contributed by atoms with Crippen molar-refractivity contribution in [3.63, 3.8) is 0 Å². The lowest BCUT2D eigenvalue weighted by Crippen LogP contribution is -2.74. The van der Waals surface area contributed by atoms with Crippen molar-refractivity contribution < 1.29 is 14.3 Å². The number of aliphatic imine (C=N–C) groups is 1. The Balaban J connectivity index is 1.88. The molecule has 3 fully saturated rings. The van der Waals surface area contributed by atoms with E-state index in [4.69, 9.17) is 9.73 Å². The van der Waals surface area contributed by atoms with Crippen molar-refractivity contribution in [2.45, 2.75) is 31.2 Å². The van der Waals surface area contributed by atoms with Crippen LogP contribution in [0.4, 0.5) is 5.69 Å². The van der Waals surface area contributed by atoms with Gasteiger partial charge in [0.1, 0.15) is 11.7 Å². The summed E-state index contributed by atoms with van der Waals surface area (Å²) in [5.41, 5.74) is 2.15. The minimum Gasteiger partial charge on any atom is -0.468 e. The van der Waals surface area contributed by atoms with Gasteiger partial charge >= 0.3 is 5.97 Å². The normalized spacial score (nSPS) is 38.5. The standard InChI is InChI=1S/C21H22N2O3/c1-3-13-11-23-9-8-20-14-6-4-5-7-16(14)22-18(20)17(23)10-15(13)21(20,12-24)19(25)26-2/h3-7,12,15,17H,8-11H2,1-2H3/b13-3-/t15-,17+,20?,21?/m1/s1. The van der Waals surface area contributed by atoms with Crippen LogP contribution in [0.2, 0.25) is 0 Å². The first kappa shape index (κ1) is 15.9. The van der Waals surface area contributed by atoms with E-state index < -0.39 is 16.8 Å². The fourth-order valence-corrected chi connectivity index (χ4v) is 6.15. The van der Waals surface area contributed by atoms with E-state index in [1.807, 2.05) is 31.2 Å². The summed E-state index contributed by atoms with van der Waals surface area (Å²) in [6.07, 6.45) is 4.45. The quantitative estimate of drug-likeness (QED) is 0.356. The highest BCUT2D eigenvalue weighted by Crippen LogP contribution is 2.65. The van der Waals surface area contributed by atoms with Gasteiger partial charge in [0.05, 0.1) is 24.3 Å². The first-order valence-electron chi connectivity index (χ1n) is 9.26. The number of benzene rings is 1. The van der Waals surface area contributed by atoms with E-state index in [-0.39, 0.29) is 12.0 Å². The molecule has 26 heavy (non-hydrogen) atoms. The van der Waals surface area contributed by atoms with E-state index in [0.29, 0.717) is 0 Å². The maximum atomic E-state index is 13.3. The minimum absolute atomic E-state index is 0.135. The van der Waals surface area contributed by atoms with E-state index in [0.717, 1.165) is 49.2 Å². The smallest absolute Gasteiger partial charge is 0.321 e. The van der Waals surface area contributed by atoms with Gasteiger partial charge in [-0.3, -0.25) is 14.7 Å². The van der Waals surface area contributed by atoms with Crippen LogP contribution in [-0.4, -0.2) is 49.1 Å². The maximum Gasteiger partial charge on any atom is 0.321 e. The van der Waals surface area contributed by atoms with Crippen LogP contribution in [0.25, 0.3) is 0 Å². The number of aldehydes is 1. The third-order valence-electron chi connectivity index (χ3n) is 7.20. The number of carbonyl (C=O) groups excluding carboxylic acids is 2. The number of esters is 1. The summed E-state index contributed by atoms with van der Waals surface area (Å²) < 4.78 is 5.27. The molecule has 5 heteroatoms. The fourth-order valence-electron chi connectivity index (χ4n) is 6.15. The summed E-state index contributed by atoms with van der Waals surface area (Å²) in [5, 5.41) is 0. The van der Waals surface area contributed by atoms with Crippen LogP contribution in [0.15, 0.2) is 40.9 Å². The highest BCUT2D eigenvalue weighted by molar-refractivity contribution is 6.15. The van der Waals surface area contributed by atoms with Gasteiger partial charge in [-0.25, -0.2) is 0 Å². The van der Waals surface area contributed by atoms with Crippen molar-refractivity contribution in [3.05, 3.63) is 41.5 Å². The first-order chi connectivity index (χ1) is 12.6. The number of allylic oxidation sites excluding steroid dienone is 1. The topological polar surface area (TPSA) is 59.0 Å². The fraction of sp³-hybridized carbons (Fsp3) is 0.476. The van der Waals surface area contributed by atoms with Crippen LogP contribution in [0.1, 0.15) is 25.3 Å². The van der Waals surface area contributed by atoms with Crippen molar-refractivity contribution >= 4 is 23.7 Å². The molecule has 2 unspecified atom stereocenters. The number of nitrogens with zero attached hydrogens (tertiary/aromatic N) is 2. The molecule has 4 aliphatic rings. The van der Waals surface area contributed by atoms with Crippen LogP contribution in [0.3, 0.4) is 0 Å². The van der Waals surface area contributed by atoms with Gasteiger partial charge in [-0.05, 0) is 31.4 Å². The predicted molar refractivity (Wildman–Crippen MR) is 97.6 cm³/mol. The van der Waals surface area contributed by atoms with E-state index in [9.17, 15) is 9.59 Å². The Morgan fingerprint density at radius 3 is 2.92 bits per heavy atom. The molecule has 5 rings (SSSR count). The number of para-hydroxylation sites is 1. The molecule has 0 radical (unpaired) electrons. The number of piperidine rings is 2. The Morgan fingerprint density at radius 2 is 2.19 bits per heavy atom. The van der Waals surface area contributed by atoms with E-state index in [1.165, 1.54) is 12.7 Å². The minimum atomic E-state index is -1.24. The van der Waals surface area contributed by atoms with Gasteiger partial charge in [-0.15, -0.1) is 0 Å². The molecule has 0 amide bonds. The van der Waals surface area contributed by atoms with Crippen LogP contribution >= 0.6 is 0 Å². The molecule has 3 heterocycles. The molecule has 5 nitrogen and oxygen atoms in total. The van der Waals surface area contributed by atoms with Crippen molar-refractivity contribution in [2.24, 2.45) is 16.3 Å². The van der Waals surface area contributed by atoms with Gasteiger partial charge in [-0.2, -0.15) is 0 Å². The first-order valence-corrected chi connectivity index (χ1v) is 9.26. The Morgan fingerprint density at radius 1 is 1.38 bits per heavy atom. The SMILES string of the molecule is C/C=C1/CN2CCC34C(=Nc5ccccc53)[C@@H]2C[C@H]1C4(C=O)C(=O)OC. The van der Waals surface area contributed by atoms with Crippen molar-refractivity contribution in [2.75, 3.05) is 20.2 Å². The summed E-state index contributed by atoms with van der Waals surface area (Å²) in [6, 6.07) is 8.17. The molecule has 2 saturated heterocycles. The second-order valence-electron chi connectivity index (χ2n) is 7.79. The zero-order chi connectivity index (χ0) is 18.1. The monoisotopic (exact) mass is 350 g/mol. The largest absolute Gasteiger partial charge is 0.468 e. The summed E-state index contributed by atoms with van der Waals surface area (Å²) in [6.45, 7) is 3.65. The predicted octanol–water partition coefficient (Wildman–Crippen LogP) is 2.42. The lowest BCUT2D eigenvalue weighted by Gasteiger charge is -2.62. The molecule has 0 spiro atoms. The molecule has 1 aliphatic carbocycles. The molecular weight excluding hydrogens is 328 g/mol. The van der Waals surface area contributed by atoms with Crippen molar-refractivity contribution in [3.8, 4) is 0 Å². The Bertz CT molecular complexity index is 889. The van der Waals surface area contributed by atoms with Gasteiger partial charge in [0.2, 0.25) is 0 Å². The summed E-state index contributed by atoms with van der Waals surface area (Å²) in [4.78, 5) is 33.5. The number of rotatable bonds is 2. The van der Waals surface area contributed by atoms with Gasteiger partial charge in [0.25, 0.3) is 0 Å². The number of ether oxygens (including phenoxy) is 1. The summed E-state index contributed by atoms with van der Waals surface area (Å²) in [7, 11) is 1.39. The highest BCUT2D eigenvalue weighted by Gasteiger charge is 2.73. The van der Waals surface area contributed by atoms with Gasteiger partial charge in [0, 0.05) is 24.7 Å². The third-order valence-corrected chi connectivity index (χ3v) is 7.20. The zero-order valence-electron chi connectivity index (χ0n) is 15.1. The van der Waals surface area contributed by atoms with Crippen molar-refractivity contribution in [1.82, 2.24) is 4.90 Å². The number of methoxy groups -OCH3 is 1. The maximum absolute atomic E-state index is 13.3. The average molecular weight is 350 g/mol. The number of hydrogen-bond donors (Lipinski definition) is 0. The van der Waals surface area contributed by atoms with Crippen LogP contribution in [0, 0.1) is 11.3 Å². The Hall–Kier alpha value is -2.27. The zero-order valence-corrected chi connectivity index (χ0v) is 15.1. The van der Waals surface area contributed by atoms with Crippen LogP contribution in [-0.2, 0) is 19.7 Å². The second-order valence-corrected chi connectivity index (χ2v) is 7.79. The number of carbonyl (C=O) groups is 2. The van der Waals surface area contributed by atoms with E-state index >= 15 is 0 Å². The molecule has 1 saturated carbocycles.